The van der Waals surface area contributed by atoms with Crippen LogP contribution in [0.15, 0.2) is 0 Å². The third-order valence-electron chi connectivity index (χ3n) is 3.71. The van der Waals surface area contributed by atoms with Crippen molar-refractivity contribution in [3.63, 3.8) is 0 Å². The zero-order valence-electron chi connectivity index (χ0n) is 12.8. The minimum absolute atomic E-state index is 0.0843. The molecular formula is C14H29N3O2. The summed E-state index contributed by atoms with van der Waals surface area (Å²) in [6.45, 7) is 11.2. The molecule has 19 heavy (non-hydrogen) atoms. The summed E-state index contributed by atoms with van der Waals surface area (Å²) in [4.78, 5) is 16.6. The Labute approximate surface area is 117 Å². The zero-order chi connectivity index (χ0) is 14.5. The molecule has 0 unspecified atom stereocenters. The van der Waals surface area contributed by atoms with Crippen molar-refractivity contribution in [2.45, 2.75) is 33.2 Å². The van der Waals surface area contributed by atoms with Crippen molar-refractivity contribution < 1.29 is 9.53 Å². The Morgan fingerprint density at radius 2 is 1.95 bits per heavy atom. The van der Waals surface area contributed by atoms with E-state index >= 15 is 0 Å². The quantitative estimate of drug-likeness (QED) is 0.811. The molecular weight excluding hydrogens is 242 g/mol. The van der Waals surface area contributed by atoms with E-state index in [0.29, 0.717) is 0 Å². The molecule has 0 radical (unpaired) electrons. The maximum absolute atomic E-state index is 12.4. The summed E-state index contributed by atoms with van der Waals surface area (Å²) in [6.07, 6.45) is 1.01. The average molecular weight is 271 g/mol. The second kappa shape index (κ2) is 7.22. The first-order valence-electron chi connectivity index (χ1n) is 7.12. The van der Waals surface area contributed by atoms with Gasteiger partial charge in [-0.25, -0.2) is 0 Å². The van der Waals surface area contributed by atoms with Crippen molar-refractivity contribution in [3.05, 3.63) is 0 Å². The lowest BCUT2D eigenvalue weighted by Gasteiger charge is -2.31. The second-order valence-corrected chi connectivity index (χ2v) is 6.36. The molecule has 1 aliphatic rings. The number of rotatable bonds is 4. The summed E-state index contributed by atoms with van der Waals surface area (Å²) < 4.78 is 5.10. The predicted molar refractivity (Wildman–Crippen MR) is 76.9 cm³/mol. The van der Waals surface area contributed by atoms with Gasteiger partial charge in [-0.05, 0) is 18.4 Å². The lowest BCUT2D eigenvalue weighted by Crippen LogP contribution is -2.51. The van der Waals surface area contributed by atoms with Crippen molar-refractivity contribution in [1.29, 1.82) is 0 Å². The van der Waals surface area contributed by atoms with E-state index in [9.17, 15) is 4.79 Å². The fourth-order valence-electron chi connectivity index (χ4n) is 2.20. The first-order chi connectivity index (χ1) is 8.86. The maximum Gasteiger partial charge on any atom is 0.240 e. The Kier molecular flexibility index (Phi) is 6.23. The molecule has 1 atom stereocenters. The van der Waals surface area contributed by atoms with Gasteiger partial charge in [0.05, 0.1) is 12.6 Å². The van der Waals surface area contributed by atoms with Crippen molar-refractivity contribution in [2.24, 2.45) is 11.1 Å². The highest BCUT2D eigenvalue weighted by molar-refractivity contribution is 5.82. The second-order valence-electron chi connectivity index (χ2n) is 6.36. The van der Waals surface area contributed by atoms with Crippen molar-refractivity contribution in [2.75, 3.05) is 46.4 Å². The Hall–Kier alpha value is -0.650. The SMILES string of the molecule is COCCN1CCCN(C(=O)[C@H](N)C(C)(C)C)CC1. The van der Waals surface area contributed by atoms with Crippen LogP contribution in [0, 0.1) is 5.41 Å². The normalized spacial score (nSPS) is 20.2. The number of carbonyl (C=O) groups is 1. The molecule has 1 heterocycles. The summed E-state index contributed by atoms with van der Waals surface area (Å²) in [6, 6.07) is -0.418. The number of ether oxygens (including phenoxy) is 1. The Morgan fingerprint density at radius 3 is 2.53 bits per heavy atom. The first-order valence-corrected chi connectivity index (χ1v) is 7.12. The fraction of sp³-hybridized carbons (Fsp3) is 0.929. The van der Waals surface area contributed by atoms with Gasteiger partial charge in [-0.1, -0.05) is 20.8 Å². The maximum atomic E-state index is 12.4. The van der Waals surface area contributed by atoms with E-state index in [-0.39, 0.29) is 11.3 Å². The Bertz CT molecular complexity index is 289. The minimum atomic E-state index is -0.418. The van der Waals surface area contributed by atoms with Crippen LogP contribution in [0.25, 0.3) is 0 Å². The lowest BCUT2D eigenvalue weighted by atomic mass is 9.86. The molecule has 1 rings (SSSR count). The molecule has 1 amide bonds. The number of methoxy groups -OCH3 is 1. The highest BCUT2D eigenvalue weighted by Gasteiger charge is 2.31. The van der Waals surface area contributed by atoms with Crippen LogP contribution in [0.5, 0.6) is 0 Å². The molecule has 0 aromatic rings. The highest BCUT2D eigenvalue weighted by Crippen LogP contribution is 2.19. The van der Waals surface area contributed by atoms with Gasteiger partial charge in [-0.15, -0.1) is 0 Å². The molecule has 5 nitrogen and oxygen atoms in total. The van der Waals surface area contributed by atoms with E-state index in [1.54, 1.807) is 7.11 Å². The molecule has 1 aliphatic heterocycles. The van der Waals surface area contributed by atoms with Gasteiger partial charge < -0.3 is 15.4 Å². The topological polar surface area (TPSA) is 58.8 Å². The fourth-order valence-corrected chi connectivity index (χ4v) is 2.20. The summed E-state index contributed by atoms with van der Waals surface area (Å²) in [5, 5.41) is 0. The summed E-state index contributed by atoms with van der Waals surface area (Å²) in [5.74, 6) is 0.0843. The molecule has 0 bridgehead atoms. The third kappa shape index (κ3) is 5.09. The molecule has 2 N–H and O–H groups in total. The van der Waals surface area contributed by atoms with Gasteiger partial charge in [0.1, 0.15) is 0 Å². The molecule has 0 aromatic carbocycles. The van der Waals surface area contributed by atoms with Crippen LogP contribution in [0.1, 0.15) is 27.2 Å². The van der Waals surface area contributed by atoms with E-state index < -0.39 is 6.04 Å². The van der Waals surface area contributed by atoms with Crippen LogP contribution < -0.4 is 5.73 Å². The predicted octanol–water partition coefficient (Wildman–Crippen LogP) is 0.541. The van der Waals surface area contributed by atoms with Gasteiger partial charge in [0.25, 0.3) is 0 Å². The van der Waals surface area contributed by atoms with E-state index in [1.165, 1.54) is 0 Å². The van der Waals surface area contributed by atoms with E-state index in [4.69, 9.17) is 10.5 Å². The lowest BCUT2D eigenvalue weighted by molar-refractivity contribution is -0.134. The summed E-state index contributed by atoms with van der Waals surface area (Å²) in [5.41, 5.74) is 5.88. The zero-order valence-corrected chi connectivity index (χ0v) is 12.8. The van der Waals surface area contributed by atoms with Gasteiger partial charge >= 0.3 is 0 Å². The first kappa shape index (κ1) is 16.4. The van der Waals surface area contributed by atoms with Crippen molar-refractivity contribution in [3.8, 4) is 0 Å². The standard InChI is InChI=1S/C14H29N3O2/c1-14(2,3)12(15)13(18)17-7-5-6-16(8-9-17)10-11-19-4/h12H,5-11,15H2,1-4H3/t12-/m0/s1. The molecule has 112 valence electrons. The molecule has 0 aliphatic carbocycles. The number of hydrogen-bond donors (Lipinski definition) is 1. The van der Waals surface area contributed by atoms with Crippen LogP contribution in [0.2, 0.25) is 0 Å². The Balaban J connectivity index is 2.50. The van der Waals surface area contributed by atoms with Gasteiger partial charge in [0, 0.05) is 33.3 Å². The number of amides is 1. The summed E-state index contributed by atoms with van der Waals surface area (Å²) in [7, 11) is 1.72. The van der Waals surface area contributed by atoms with Gasteiger partial charge in [-0.3, -0.25) is 9.69 Å². The van der Waals surface area contributed by atoms with Crippen molar-refractivity contribution >= 4 is 5.91 Å². The van der Waals surface area contributed by atoms with E-state index in [2.05, 4.69) is 4.90 Å². The number of carbonyl (C=O) groups excluding carboxylic acids is 1. The molecule has 1 saturated heterocycles. The van der Waals surface area contributed by atoms with Crippen LogP contribution >= 0.6 is 0 Å². The van der Waals surface area contributed by atoms with Crippen molar-refractivity contribution in [1.82, 2.24) is 9.80 Å². The molecule has 0 saturated carbocycles. The third-order valence-corrected chi connectivity index (χ3v) is 3.71. The molecule has 0 spiro atoms. The van der Waals surface area contributed by atoms with E-state index in [1.807, 2.05) is 25.7 Å². The Morgan fingerprint density at radius 1 is 1.26 bits per heavy atom. The van der Waals surface area contributed by atoms with E-state index in [0.717, 1.165) is 45.8 Å². The summed E-state index contributed by atoms with van der Waals surface area (Å²) >= 11 is 0. The number of nitrogens with two attached hydrogens (primary N) is 1. The van der Waals surface area contributed by atoms with Gasteiger partial charge in [-0.2, -0.15) is 0 Å². The number of hydrogen-bond acceptors (Lipinski definition) is 4. The molecule has 5 heteroatoms. The minimum Gasteiger partial charge on any atom is -0.383 e. The monoisotopic (exact) mass is 271 g/mol. The highest BCUT2D eigenvalue weighted by atomic mass is 16.5. The largest absolute Gasteiger partial charge is 0.383 e. The molecule has 1 fully saturated rings. The van der Waals surface area contributed by atoms with Crippen LogP contribution in [-0.4, -0.2) is 68.2 Å². The van der Waals surface area contributed by atoms with Crippen LogP contribution in [0.4, 0.5) is 0 Å². The van der Waals surface area contributed by atoms with Crippen LogP contribution in [0.3, 0.4) is 0 Å². The van der Waals surface area contributed by atoms with Gasteiger partial charge in [0.2, 0.25) is 5.91 Å². The van der Waals surface area contributed by atoms with Crippen LogP contribution in [-0.2, 0) is 9.53 Å². The molecule has 0 aromatic heterocycles. The number of nitrogens with zero attached hydrogens (tertiary/aromatic N) is 2. The van der Waals surface area contributed by atoms with Gasteiger partial charge in [0.15, 0.2) is 0 Å². The smallest absolute Gasteiger partial charge is 0.240 e. The average Bonchev–Trinajstić information content (AvgIpc) is 2.58.